The third-order valence-electron chi connectivity index (χ3n) is 4.18. The molecular weight excluding hydrogens is 381 g/mol. The lowest BCUT2D eigenvalue weighted by molar-refractivity contribution is 0.239. The minimum atomic E-state index is -3.41. The summed E-state index contributed by atoms with van der Waals surface area (Å²) >= 11 is 0. The summed E-state index contributed by atoms with van der Waals surface area (Å²) in [6.07, 6.45) is 0.833. The summed E-state index contributed by atoms with van der Waals surface area (Å²) in [7, 11) is -3.41. The van der Waals surface area contributed by atoms with E-state index in [4.69, 9.17) is 0 Å². The van der Waals surface area contributed by atoms with E-state index in [0.29, 0.717) is 11.4 Å². The Morgan fingerprint density at radius 2 is 1.64 bits per heavy atom. The van der Waals surface area contributed by atoms with Gasteiger partial charge in [-0.25, -0.2) is 13.1 Å². The van der Waals surface area contributed by atoms with E-state index in [1.165, 1.54) is 0 Å². The molecule has 2 N–H and O–H groups in total. The van der Waals surface area contributed by atoms with E-state index >= 15 is 0 Å². The van der Waals surface area contributed by atoms with Gasteiger partial charge in [0.1, 0.15) is 0 Å². The van der Waals surface area contributed by atoms with E-state index in [2.05, 4.69) is 35.7 Å². The quantitative estimate of drug-likeness (QED) is 0.705. The van der Waals surface area contributed by atoms with Gasteiger partial charge in [0.2, 0.25) is 10.0 Å². The Labute approximate surface area is 164 Å². The predicted molar refractivity (Wildman–Crippen MR) is 109 cm³/mol. The molecule has 0 unspecified atom stereocenters. The molecule has 0 spiro atoms. The second-order valence-electron chi connectivity index (χ2n) is 7.12. The van der Waals surface area contributed by atoms with Gasteiger partial charge < -0.3 is 10.2 Å². The summed E-state index contributed by atoms with van der Waals surface area (Å²) in [6.45, 7) is 11.9. The molecule has 0 amide bonds. The first-order valence-corrected chi connectivity index (χ1v) is 9.81. The highest BCUT2D eigenvalue weighted by Crippen LogP contribution is 2.23. The minimum Gasteiger partial charge on any atom is -0.314 e. The van der Waals surface area contributed by atoms with Gasteiger partial charge in [-0.3, -0.25) is 0 Å². The lowest BCUT2D eigenvalue weighted by Crippen LogP contribution is -2.44. The van der Waals surface area contributed by atoms with Crippen LogP contribution in [-0.2, 0) is 15.4 Å². The van der Waals surface area contributed by atoms with Crippen molar-refractivity contribution in [1.82, 2.24) is 14.9 Å². The highest BCUT2D eigenvalue weighted by molar-refractivity contribution is 7.89. The summed E-state index contributed by atoms with van der Waals surface area (Å²) < 4.78 is 27.3. The van der Waals surface area contributed by atoms with E-state index < -0.39 is 10.0 Å². The van der Waals surface area contributed by atoms with Crippen molar-refractivity contribution in [1.29, 1.82) is 0 Å². The first-order chi connectivity index (χ1) is 10.8. The Bertz CT molecular complexity index is 595. The van der Waals surface area contributed by atoms with Gasteiger partial charge in [-0.2, -0.15) is 0 Å². The lowest BCUT2D eigenvalue weighted by Gasteiger charge is -2.27. The molecule has 1 aromatic rings. The molecule has 1 aliphatic rings. The zero-order valence-corrected chi connectivity index (χ0v) is 17.7. The molecule has 1 aliphatic heterocycles. The molecule has 146 valence electrons. The third kappa shape index (κ3) is 7.81. The van der Waals surface area contributed by atoms with Gasteiger partial charge in [0.25, 0.3) is 0 Å². The van der Waals surface area contributed by atoms with Crippen molar-refractivity contribution in [3.8, 4) is 0 Å². The van der Waals surface area contributed by atoms with E-state index in [-0.39, 0.29) is 30.2 Å². The predicted octanol–water partition coefficient (Wildman–Crippen LogP) is 2.40. The van der Waals surface area contributed by atoms with Crippen molar-refractivity contribution in [2.24, 2.45) is 0 Å². The summed E-state index contributed by atoms with van der Waals surface area (Å²) in [5.74, 6) is 0. The highest BCUT2D eigenvalue weighted by Gasteiger charge is 2.17. The van der Waals surface area contributed by atoms with Gasteiger partial charge in [0.05, 0.1) is 4.90 Å². The molecule has 1 saturated heterocycles. The number of halogens is 2. The highest BCUT2D eigenvalue weighted by atomic mass is 35.5. The van der Waals surface area contributed by atoms with Crippen molar-refractivity contribution < 1.29 is 8.42 Å². The van der Waals surface area contributed by atoms with Gasteiger partial charge in [0, 0.05) is 32.7 Å². The molecule has 0 aliphatic carbocycles. The van der Waals surface area contributed by atoms with Gasteiger partial charge in [-0.05, 0) is 36.1 Å². The Morgan fingerprint density at radius 3 is 2.16 bits per heavy atom. The summed E-state index contributed by atoms with van der Waals surface area (Å²) in [5, 5.41) is 3.31. The van der Waals surface area contributed by atoms with E-state index in [9.17, 15) is 8.42 Å². The first kappa shape index (κ1) is 24.6. The number of sulfonamides is 1. The smallest absolute Gasteiger partial charge is 0.240 e. The zero-order chi connectivity index (χ0) is 16.9. The molecule has 0 radical (unpaired) electrons. The molecule has 2 rings (SSSR count). The minimum absolute atomic E-state index is 0. The fourth-order valence-corrected chi connectivity index (χ4v) is 3.74. The molecule has 1 aromatic carbocycles. The fourth-order valence-electron chi connectivity index (χ4n) is 2.66. The van der Waals surface area contributed by atoms with Crippen molar-refractivity contribution in [3.05, 3.63) is 29.8 Å². The Balaban J connectivity index is 0.00000288. The Kier molecular flexibility index (Phi) is 10.5. The maximum absolute atomic E-state index is 12.3. The SMILES string of the molecule is CC(C)(C)c1ccc(S(=O)(=O)NCCCN2CCNCC2)cc1.Cl.Cl. The van der Waals surface area contributed by atoms with Crippen molar-refractivity contribution in [2.75, 3.05) is 39.3 Å². The van der Waals surface area contributed by atoms with Crippen LogP contribution in [0.5, 0.6) is 0 Å². The van der Waals surface area contributed by atoms with E-state index in [1.54, 1.807) is 12.1 Å². The number of nitrogens with one attached hydrogen (secondary N) is 2. The Morgan fingerprint density at radius 1 is 1.08 bits per heavy atom. The zero-order valence-electron chi connectivity index (χ0n) is 15.2. The van der Waals surface area contributed by atoms with Gasteiger partial charge in [-0.1, -0.05) is 32.9 Å². The molecule has 0 aromatic heterocycles. The average Bonchev–Trinajstić information content (AvgIpc) is 2.52. The standard InChI is InChI=1S/C17H29N3O2S.2ClH/c1-17(2,3)15-5-7-16(8-6-15)23(21,22)19-9-4-12-20-13-10-18-11-14-20;;/h5-8,18-19H,4,9-14H2,1-3H3;2*1H. The molecule has 1 fully saturated rings. The summed E-state index contributed by atoms with van der Waals surface area (Å²) in [6, 6.07) is 7.18. The fraction of sp³-hybridized carbons (Fsp3) is 0.647. The second kappa shape index (κ2) is 10.7. The van der Waals surface area contributed by atoms with Crippen LogP contribution in [0, 0.1) is 0 Å². The third-order valence-corrected chi connectivity index (χ3v) is 5.66. The van der Waals surface area contributed by atoms with Crippen LogP contribution in [0.3, 0.4) is 0 Å². The topological polar surface area (TPSA) is 61.4 Å². The summed E-state index contributed by atoms with van der Waals surface area (Å²) in [5.41, 5.74) is 1.16. The van der Waals surface area contributed by atoms with Crippen LogP contribution in [0.2, 0.25) is 0 Å². The number of benzene rings is 1. The average molecular weight is 412 g/mol. The van der Waals surface area contributed by atoms with E-state index in [1.807, 2.05) is 12.1 Å². The number of hydrogen-bond donors (Lipinski definition) is 2. The maximum atomic E-state index is 12.3. The number of hydrogen-bond acceptors (Lipinski definition) is 4. The van der Waals surface area contributed by atoms with Gasteiger partial charge >= 0.3 is 0 Å². The van der Waals surface area contributed by atoms with Gasteiger partial charge in [-0.15, -0.1) is 24.8 Å². The molecule has 1 heterocycles. The van der Waals surface area contributed by atoms with Crippen LogP contribution < -0.4 is 10.0 Å². The normalized spacial score (nSPS) is 16.0. The maximum Gasteiger partial charge on any atom is 0.240 e. The van der Waals surface area contributed by atoms with Crippen LogP contribution in [0.25, 0.3) is 0 Å². The lowest BCUT2D eigenvalue weighted by atomic mass is 9.87. The van der Waals surface area contributed by atoms with Crippen molar-refractivity contribution in [3.63, 3.8) is 0 Å². The van der Waals surface area contributed by atoms with Crippen LogP contribution in [0.15, 0.2) is 29.2 Å². The van der Waals surface area contributed by atoms with Gasteiger partial charge in [0.15, 0.2) is 0 Å². The largest absolute Gasteiger partial charge is 0.314 e. The number of rotatable bonds is 6. The van der Waals surface area contributed by atoms with E-state index in [0.717, 1.165) is 44.7 Å². The van der Waals surface area contributed by atoms with Crippen molar-refractivity contribution >= 4 is 34.8 Å². The Hall–Kier alpha value is -0.370. The number of nitrogens with zero attached hydrogens (tertiary/aromatic N) is 1. The van der Waals surface area contributed by atoms with Crippen LogP contribution in [0.1, 0.15) is 32.8 Å². The molecule has 8 heteroatoms. The monoisotopic (exact) mass is 411 g/mol. The van der Waals surface area contributed by atoms with Crippen molar-refractivity contribution in [2.45, 2.75) is 37.5 Å². The molecule has 0 saturated carbocycles. The molecule has 5 nitrogen and oxygen atoms in total. The number of piperazine rings is 1. The molecule has 0 bridgehead atoms. The van der Waals surface area contributed by atoms with Crippen LogP contribution in [-0.4, -0.2) is 52.6 Å². The summed E-state index contributed by atoms with van der Waals surface area (Å²) in [4.78, 5) is 2.70. The molecule has 0 atom stereocenters. The van der Waals surface area contributed by atoms with Crippen LogP contribution in [0.4, 0.5) is 0 Å². The molecular formula is C17H31Cl2N3O2S. The first-order valence-electron chi connectivity index (χ1n) is 8.32. The second-order valence-corrected chi connectivity index (χ2v) is 8.88. The molecule has 25 heavy (non-hydrogen) atoms. The van der Waals surface area contributed by atoms with Crippen LogP contribution >= 0.6 is 24.8 Å².